The molecule has 1 fully saturated rings. The van der Waals surface area contributed by atoms with Gasteiger partial charge in [-0.3, -0.25) is 25.0 Å². The molecule has 0 amide bonds. The van der Waals surface area contributed by atoms with Crippen molar-refractivity contribution in [1.82, 2.24) is 0 Å². The molecule has 2 heterocycles. The molecule has 2 aliphatic rings. The Hall–Kier alpha value is -4.73. The van der Waals surface area contributed by atoms with Crippen LogP contribution in [0.4, 0.5) is 11.4 Å². The Kier molecular flexibility index (Phi) is 5.63. The highest BCUT2D eigenvalue weighted by atomic mass is 16.6. The van der Waals surface area contributed by atoms with E-state index in [1.165, 1.54) is 43.5 Å². The number of anilines is 1. The molecule has 4 atom stereocenters. The van der Waals surface area contributed by atoms with Crippen molar-refractivity contribution in [2.75, 3.05) is 12.0 Å². The van der Waals surface area contributed by atoms with Gasteiger partial charge in [0, 0.05) is 28.3 Å². The van der Waals surface area contributed by atoms with Crippen molar-refractivity contribution in [3.8, 4) is 11.5 Å². The number of para-hydroxylation sites is 1. The van der Waals surface area contributed by atoms with E-state index in [0.29, 0.717) is 11.3 Å². The number of phenolic OH excluding ortho intramolecular Hbond substituents is 1. The van der Waals surface area contributed by atoms with E-state index in [0.717, 1.165) is 5.56 Å². The zero-order valence-electron chi connectivity index (χ0n) is 19.1. The van der Waals surface area contributed by atoms with Crippen LogP contribution in [0.3, 0.4) is 0 Å². The largest absolute Gasteiger partial charge is 0.504 e. The van der Waals surface area contributed by atoms with Gasteiger partial charge in [0.2, 0.25) is 6.04 Å². The molecule has 0 radical (unpaired) electrons. The van der Waals surface area contributed by atoms with Crippen LogP contribution in [0.5, 0.6) is 11.5 Å². The summed E-state index contributed by atoms with van der Waals surface area (Å²) in [5.41, 5.74) is 1.74. The number of rotatable bonds is 6. The van der Waals surface area contributed by atoms with Crippen molar-refractivity contribution >= 4 is 23.2 Å². The van der Waals surface area contributed by atoms with Gasteiger partial charge in [0.25, 0.3) is 5.69 Å². The van der Waals surface area contributed by atoms with Crippen molar-refractivity contribution in [3.63, 3.8) is 0 Å². The Morgan fingerprint density at radius 1 is 1.03 bits per heavy atom. The number of hydrogen-bond donors (Lipinski definition) is 1. The summed E-state index contributed by atoms with van der Waals surface area (Å²) in [6.07, 6.45) is 3.53. The summed E-state index contributed by atoms with van der Waals surface area (Å²) >= 11 is 0. The van der Waals surface area contributed by atoms with Crippen LogP contribution < -0.4 is 9.64 Å². The first-order valence-corrected chi connectivity index (χ1v) is 11.2. The first-order chi connectivity index (χ1) is 17.3. The maximum absolute atomic E-state index is 14.1. The number of methoxy groups -OCH3 is 1. The second-order valence-electron chi connectivity index (χ2n) is 8.67. The summed E-state index contributed by atoms with van der Waals surface area (Å²) in [4.78, 5) is 38.7. The summed E-state index contributed by atoms with van der Waals surface area (Å²) in [5.74, 6) is -1.43. The molecular weight excluding hydrogens is 466 g/mol. The highest BCUT2D eigenvalue weighted by Gasteiger charge is 2.59. The quantitative estimate of drug-likeness (QED) is 0.310. The minimum absolute atomic E-state index is 0.0831. The van der Waals surface area contributed by atoms with Crippen molar-refractivity contribution < 1.29 is 24.5 Å². The summed E-state index contributed by atoms with van der Waals surface area (Å²) in [6.45, 7) is 0. The van der Waals surface area contributed by atoms with E-state index in [2.05, 4.69) is 0 Å². The van der Waals surface area contributed by atoms with Crippen LogP contribution in [0.1, 0.15) is 27.4 Å². The average Bonchev–Trinajstić information content (AvgIpc) is 3.24. The molecule has 0 aromatic heterocycles. The number of ether oxygens (including phenoxy) is 1. The SMILES string of the molecule is COc1cc([C@H]2[C@@H]([N+](=O)[O-])[C@@H]3C=Cc4ccccc4N3[C@@H]2C(=O)c2cccc([N+](=O)[O-])c2)ccc1O. The molecule has 2 aliphatic heterocycles. The van der Waals surface area contributed by atoms with Gasteiger partial charge in [-0.2, -0.15) is 0 Å². The lowest BCUT2D eigenvalue weighted by molar-refractivity contribution is -0.524. The van der Waals surface area contributed by atoms with Crippen molar-refractivity contribution in [3.05, 3.63) is 110 Å². The van der Waals surface area contributed by atoms with Gasteiger partial charge in [-0.15, -0.1) is 0 Å². The fraction of sp³-hybridized carbons (Fsp3) is 0.192. The van der Waals surface area contributed by atoms with Gasteiger partial charge in [0.1, 0.15) is 12.1 Å². The Bertz CT molecular complexity index is 1420. The smallest absolute Gasteiger partial charge is 0.270 e. The molecule has 10 heteroatoms. The number of ketones is 1. The molecule has 3 aromatic carbocycles. The molecule has 0 saturated carbocycles. The number of phenols is 1. The molecule has 182 valence electrons. The molecule has 0 bridgehead atoms. The highest BCUT2D eigenvalue weighted by molar-refractivity contribution is 6.04. The number of carbonyl (C=O) groups excluding carboxylic acids is 1. The third-order valence-electron chi connectivity index (χ3n) is 6.81. The number of aromatic hydroxyl groups is 1. The minimum atomic E-state index is -1.21. The van der Waals surface area contributed by atoms with Gasteiger partial charge < -0.3 is 14.7 Å². The maximum Gasteiger partial charge on any atom is 0.270 e. The van der Waals surface area contributed by atoms with Crippen LogP contribution >= 0.6 is 0 Å². The van der Waals surface area contributed by atoms with Crippen LogP contribution in [0.15, 0.2) is 72.8 Å². The Labute approximate surface area is 205 Å². The lowest BCUT2D eigenvalue weighted by atomic mass is 9.83. The van der Waals surface area contributed by atoms with E-state index in [1.807, 2.05) is 18.2 Å². The lowest BCUT2D eigenvalue weighted by Gasteiger charge is -2.34. The number of hydrogen-bond acceptors (Lipinski definition) is 8. The standard InChI is InChI=1S/C26H21N3O7/c1-36-22-14-16(10-12-21(22)30)23-24(29(34)35)20-11-9-15-5-2-3-8-19(15)27(20)25(23)26(31)17-6-4-7-18(13-17)28(32)33/h2-14,20,23-25,30H,1H3/t20-,23-,24-,25-/m0/s1. The monoisotopic (exact) mass is 487 g/mol. The number of nitro benzene ring substituents is 1. The van der Waals surface area contributed by atoms with Gasteiger partial charge in [-0.25, -0.2) is 0 Å². The Morgan fingerprint density at radius 2 is 1.81 bits per heavy atom. The average molecular weight is 487 g/mol. The van der Waals surface area contributed by atoms with Crippen LogP contribution in [0, 0.1) is 20.2 Å². The molecular formula is C26H21N3O7. The zero-order chi connectivity index (χ0) is 25.6. The molecule has 1 saturated heterocycles. The first-order valence-electron chi connectivity index (χ1n) is 11.2. The van der Waals surface area contributed by atoms with E-state index in [9.17, 15) is 30.1 Å². The molecule has 0 unspecified atom stereocenters. The molecule has 5 rings (SSSR count). The lowest BCUT2D eigenvalue weighted by Crippen LogP contribution is -2.44. The first kappa shape index (κ1) is 23.0. The van der Waals surface area contributed by atoms with Crippen LogP contribution in [-0.4, -0.2) is 46.0 Å². The molecule has 10 nitrogen and oxygen atoms in total. The van der Waals surface area contributed by atoms with Gasteiger partial charge in [0.05, 0.1) is 18.0 Å². The number of nitro groups is 2. The van der Waals surface area contributed by atoms with Crippen LogP contribution in [0.2, 0.25) is 0 Å². The van der Waals surface area contributed by atoms with Crippen LogP contribution in [-0.2, 0) is 0 Å². The molecule has 36 heavy (non-hydrogen) atoms. The number of fused-ring (bicyclic) bond motifs is 3. The number of Topliss-reactive ketones (excluding diaryl/α,β-unsaturated/α-hetero) is 1. The molecule has 0 spiro atoms. The molecule has 3 aromatic rings. The third-order valence-corrected chi connectivity index (χ3v) is 6.81. The van der Waals surface area contributed by atoms with Gasteiger partial charge in [0.15, 0.2) is 17.3 Å². The Balaban J connectivity index is 1.73. The third kappa shape index (κ3) is 3.63. The van der Waals surface area contributed by atoms with Gasteiger partial charge >= 0.3 is 0 Å². The number of nitrogens with zero attached hydrogens (tertiary/aromatic N) is 3. The van der Waals surface area contributed by atoms with E-state index in [-0.39, 0.29) is 27.7 Å². The van der Waals surface area contributed by atoms with Crippen molar-refractivity contribution in [1.29, 1.82) is 0 Å². The van der Waals surface area contributed by atoms with Crippen LogP contribution in [0.25, 0.3) is 6.08 Å². The summed E-state index contributed by atoms with van der Waals surface area (Å²) < 4.78 is 5.23. The van der Waals surface area contributed by atoms with E-state index < -0.39 is 34.7 Å². The predicted octanol–water partition coefficient (Wildman–Crippen LogP) is 4.21. The zero-order valence-corrected chi connectivity index (χ0v) is 19.1. The Morgan fingerprint density at radius 3 is 2.53 bits per heavy atom. The number of carbonyl (C=O) groups is 1. The maximum atomic E-state index is 14.1. The fourth-order valence-electron chi connectivity index (χ4n) is 5.27. The summed E-state index contributed by atoms with van der Waals surface area (Å²) in [5, 5.41) is 34.0. The molecule has 0 aliphatic carbocycles. The van der Waals surface area contributed by atoms with Gasteiger partial charge in [-0.05, 0) is 29.3 Å². The van der Waals surface area contributed by atoms with E-state index in [1.54, 1.807) is 29.2 Å². The summed E-state index contributed by atoms with van der Waals surface area (Å²) in [6, 6.07) is 14.1. The number of non-ortho nitro benzene ring substituents is 1. The normalized spacial score (nSPS) is 22.0. The van der Waals surface area contributed by atoms with Crippen molar-refractivity contribution in [2.45, 2.75) is 24.0 Å². The summed E-state index contributed by atoms with van der Waals surface area (Å²) in [7, 11) is 1.37. The highest BCUT2D eigenvalue weighted by Crippen LogP contribution is 2.48. The minimum Gasteiger partial charge on any atom is -0.504 e. The topological polar surface area (TPSA) is 136 Å². The van der Waals surface area contributed by atoms with Gasteiger partial charge in [-0.1, -0.05) is 48.6 Å². The number of benzene rings is 3. The molecule has 1 N–H and O–H groups in total. The second kappa shape index (κ2) is 8.81. The predicted molar refractivity (Wildman–Crippen MR) is 131 cm³/mol. The fourth-order valence-corrected chi connectivity index (χ4v) is 5.27. The second-order valence-corrected chi connectivity index (χ2v) is 8.67. The van der Waals surface area contributed by atoms with Crippen molar-refractivity contribution in [2.24, 2.45) is 0 Å². The van der Waals surface area contributed by atoms with E-state index >= 15 is 0 Å². The van der Waals surface area contributed by atoms with E-state index in [4.69, 9.17) is 4.74 Å².